The van der Waals surface area contributed by atoms with Crippen molar-refractivity contribution in [3.05, 3.63) is 59.7 Å². The number of likely N-dealkylation sites (tertiary alicyclic amines) is 1. The van der Waals surface area contributed by atoms with Gasteiger partial charge in [-0.25, -0.2) is 12.8 Å². The molecular formula is C21H26FN3O2S. The summed E-state index contributed by atoms with van der Waals surface area (Å²) >= 11 is 0. The summed E-state index contributed by atoms with van der Waals surface area (Å²) in [5, 5.41) is 0. The van der Waals surface area contributed by atoms with Crippen molar-refractivity contribution in [1.82, 2.24) is 14.2 Å². The van der Waals surface area contributed by atoms with Crippen molar-refractivity contribution in [2.75, 3.05) is 26.2 Å². The molecule has 0 aliphatic carbocycles. The third-order valence-electron chi connectivity index (χ3n) is 5.91. The van der Waals surface area contributed by atoms with Crippen molar-refractivity contribution in [2.45, 2.75) is 37.6 Å². The molecule has 28 heavy (non-hydrogen) atoms. The molecule has 2 aliphatic heterocycles. The highest BCUT2D eigenvalue weighted by molar-refractivity contribution is 7.89. The Bertz CT molecular complexity index is 966. The minimum Gasteiger partial charge on any atom is -0.297 e. The van der Waals surface area contributed by atoms with Crippen LogP contribution in [0.15, 0.2) is 47.4 Å². The highest BCUT2D eigenvalue weighted by atomic mass is 32.2. The maximum atomic E-state index is 13.5. The topological polar surface area (TPSA) is 53.5 Å². The fourth-order valence-corrected chi connectivity index (χ4v) is 6.16. The Hall–Kier alpha value is -1.83. The number of halogens is 1. The highest BCUT2D eigenvalue weighted by Crippen LogP contribution is 2.41. The average molecular weight is 404 g/mol. The van der Waals surface area contributed by atoms with Crippen LogP contribution in [0, 0.1) is 18.2 Å². The molecule has 150 valence electrons. The summed E-state index contributed by atoms with van der Waals surface area (Å²) < 4.78 is 41.0. The smallest absolute Gasteiger partial charge is 0.243 e. The number of aryl methyl sites for hydroxylation is 1. The molecule has 0 amide bonds. The summed E-state index contributed by atoms with van der Waals surface area (Å²) in [5.74, 6) is -0.524. The molecule has 0 bridgehead atoms. The number of benzene rings is 1. The van der Waals surface area contributed by atoms with Gasteiger partial charge in [0.05, 0.1) is 10.6 Å². The van der Waals surface area contributed by atoms with Crippen LogP contribution in [-0.2, 0) is 16.6 Å². The zero-order valence-electron chi connectivity index (χ0n) is 16.1. The van der Waals surface area contributed by atoms with Gasteiger partial charge in [-0.3, -0.25) is 9.88 Å². The van der Waals surface area contributed by atoms with E-state index in [1.54, 1.807) is 0 Å². The Morgan fingerprint density at radius 3 is 2.71 bits per heavy atom. The molecule has 0 N–H and O–H groups in total. The molecule has 2 saturated heterocycles. The van der Waals surface area contributed by atoms with Gasteiger partial charge < -0.3 is 0 Å². The van der Waals surface area contributed by atoms with E-state index in [2.05, 4.69) is 9.88 Å². The second-order valence-corrected chi connectivity index (χ2v) is 10.1. The van der Waals surface area contributed by atoms with Crippen molar-refractivity contribution in [1.29, 1.82) is 0 Å². The van der Waals surface area contributed by atoms with Gasteiger partial charge in [-0.2, -0.15) is 4.31 Å². The first-order valence-electron chi connectivity index (χ1n) is 9.77. The zero-order chi connectivity index (χ0) is 19.8. The van der Waals surface area contributed by atoms with Crippen LogP contribution in [-0.4, -0.2) is 48.8 Å². The normalized spacial score (nSPS) is 24.1. The van der Waals surface area contributed by atoms with Crippen LogP contribution in [0.4, 0.5) is 4.39 Å². The Morgan fingerprint density at radius 2 is 1.93 bits per heavy atom. The molecule has 2 aromatic rings. The van der Waals surface area contributed by atoms with Gasteiger partial charge >= 0.3 is 0 Å². The van der Waals surface area contributed by atoms with Crippen molar-refractivity contribution in [3.63, 3.8) is 0 Å². The van der Waals surface area contributed by atoms with Crippen LogP contribution in [0.25, 0.3) is 0 Å². The molecule has 1 aromatic heterocycles. The molecule has 2 aliphatic rings. The number of hydrogen-bond donors (Lipinski definition) is 0. The van der Waals surface area contributed by atoms with Gasteiger partial charge in [0, 0.05) is 31.9 Å². The third-order valence-corrected chi connectivity index (χ3v) is 7.75. The third kappa shape index (κ3) is 3.97. The number of hydrogen-bond acceptors (Lipinski definition) is 4. The average Bonchev–Trinajstić information content (AvgIpc) is 3.06. The second kappa shape index (κ2) is 7.54. The number of rotatable bonds is 4. The van der Waals surface area contributed by atoms with E-state index < -0.39 is 15.8 Å². The van der Waals surface area contributed by atoms with Crippen LogP contribution >= 0.6 is 0 Å². The highest BCUT2D eigenvalue weighted by Gasteiger charge is 2.45. The van der Waals surface area contributed by atoms with Crippen LogP contribution < -0.4 is 0 Å². The largest absolute Gasteiger partial charge is 0.297 e. The summed E-state index contributed by atoms with van der Waals surface area (Å²) in [6, 6.07) is 11.4. The second-order valence-electron chi connectivity index (χ2n) is 8.13. The molecule has 1 spiro atoms. The van der Waals surface area contributed by atoms with Gasteiger partial charge in [-0.1, -0.05) is 12.1 Å². The van der Waals surface area contributed by atoms with E-state index in [1.807, 2.05) is 25.1 Å². The van der Waals surface area contributed by atoms with Gasteiger partial charge in [-0.15, -0.1) is 0 Å². The summed E-state index contributed by atoms with van der Waals surface area (Å²) in [6.45, 7) is 5.66. The van der Waals surface area contributed by atoms with Crippen molar-refractivity contribution in [2.24, 2.45) is 5.41 Å². The summed E-state index contributed by atoms with van der Waals surface area (Å²) in [6.07, 6.45) is 2.93. The predicted molar refractivity (Wildman–Crippen MR) is 106 cm³/mol. The van der Waals surface area contributed by atoms with Gasteiger partial charge in [0.25, 0.3) is 0 Å². The lowest BCUT2D eigenvalue weighted by atomic mass is 9.79. The Morgan fingerprint density at radius 1 is 1.11 bits per heavy atom. The molecule has 3 heterocycles. The quantitative estimate of drug-likeness (QED) is 0.787. The monoisotopic (exact) mass is 403 g/mol. The number of piperidine rings is 1. The molecule has 4 rings (SSSR count). The molecule has 2 fully saturated rings. The van der Waals surface area contributed by atoms with Gasteiger partial charge in [-0.05, 0) is 68.5 Å². The van der Waals surface area contributed by atoms with Crippen LogP contribution in [0.2, 0.25) is 0 Å². The zero-order valence-corrected chi connectivity index (χ0v) is 17.0. The fraction of sp³-hybridized carbons (Fsp3) is 0.476. The molecular weight excluding hydrogens is 377 g/mol. The molecule has 7 heteroatoms. The SMILES string of the molecule is Cc1cccc(CN2CCCC3(CCN(S(=O)(=O)c4cccc(F)c4)C3)C2)n1. The summed E-state index contributed by atoms with van der Waals surface area (Å²) in [4.78, 5) is 7.04. The van der Waals surface area contributed by atoms with Crippen molar-refractivity contribution >= 4 is 10.0 Å². The lowest BCUT2D eigenvalue weighted by molar-refractivity contribution is 0.0925. The molecule has 1 aromatic carbocycles. The number of pyridine rings is 1. The fourth-order valence-electron chi connectivity index (χ4n) is 4.57. The number of aromatic nitrogens is 1. The van der Waals surface area contributed by atoms with Gasteiger partial charge in [0.2, 0.25) is 10.0 Å². The van der Waals surface area contributed by atoms with Crippen LogP contribution in [0.3, 0.4) is 0 Å². The van der Waals surface area contributed by atoms with Crippen LogP contribution in [0.1, 0.15) is 30.7 Å². The van der Waals surface area contributed by atoms with E-state index in [-0.39, 0.29) is 10.3 Å². The standard InChI is InChI=1S/C21H26FN3O2S/c1-17-5-2-7-19(23-17)14-24-11-4-9-21(15-24)10-12-25(16-21)28(26,27)20-8-3-6-18(22)13-20/h2-3,5-8,13H,4,9-12,14-16H2,1H3. The predicted octanol–water partition coefficient (Wildman–Crippen LogP) is 3.21. The Kier molecular flexibility index (Phi) is 5.24. The van der Waals surface area contributed by atoms with Crippen LogP contribution in [0.5, 0.6) is 0 Å². The Balaban J connectivity index is 1.47. The first kappa shape index (κ1) is 19.5. The first-order valence-corrected chi connectivity index (χ1v) is 11.2. The molecule has 5 nitrogen and oxygen atoms in total. The molecule has 0 radical (unpaired) electrons. The number of nitrogens with zero attached hydrogens (tertiary/aromatic N) is 3. The minimum atomic E-state index is -3.66. The Labute approximate surface area is 166 Å². The van der Waals surface area contributed by atoms with Crippen molar-refractivity contribution < 1.29 is 12.8 Å². The van der Waals surface area contributed by atoms with Crippen molar-refractivity contribution in [3.8, 4) is 0 Å². The molecule has 1 unspecified atom stereocenters. The van der Waals surface area contributed by atoms with E-state index in [1.165, 1.54) is 22.5 Å². The summed E-state index contributed by atoms with van der Waals surface area (Å²) in [7, 11) is -3.66. The maximum Gasteiger partial charge on any atom is 0.243 e. The van der Waals surface area contributed by atoms with Gasteiger partial charge in [0.1, 0.15) is 5.82 Å². The van der Waals surface area contributed by atoms with E-state index in [0.717, 1.165) is 56.4 Å². The lowest BCUT2D eigenvalue weighted by Gasteiger charge is -2.40. The number of sulfonamides is 1. The van der Waals surface area contributed by atoms with E-state index in [4.69, 9.17) is 0 Å². The summed E-state index contributed by atoms with van der Waals surface area (Å²) in [5.41, 5.74) is 2.04. The first-order chi connectivity index (χ1) is 13.4. The molecule has 1 atom stereocenters. The maximum absolute atomic E-state index is 13.5. The van der Waals surface area contributed by atoms with E-state index in [0.29, 0.717) is 13.1 Å². The lowest BCUT2D eigenvalue weighted by Crippen LogP contribution is -2.45. The van der Waals surface area contributed by atoms with E-state index in [9.17, 15) is 12.8 Å². The minimum absolute atomic E-state index is 0.0253. The molecule has 0 saturated carbocycles. The van der Waals surface area contributed by atoms with E-state index >= 15 is 0 Å². The van der Waals surface area contributed by atoms with Gasteiger partial charge in [0.15, 0.2) is 0 Å².